The van der Waals surface area contributed by atoms with Gasteiger partial charge in [0.25, 0.3) is 0 Å². The molecule has 1 amide bonds. The van der Waals surface area contributed by atoms with E-state index >= 15 is 0 Å². The fraction of sp³-hybridized carbons (Fsp3) is 0.857. The van der Waals surface area contributed by atoms with Gasteiger partial charge in [0.05, 0.1) is 7.11 Å². The van der Waals surface area contributed by atoms with Crippen molar-refractivity contribution in [2.75, 3.05) is 20.2 Å². The molecule has 1 fully saturated rings. The van der Waals surface area contributed by atoms with E-state index in [0.29, 0.717) is 13.0 Å². The Hall–Kier alpha value is -1.33. The van der Waals surface area contributed by atoms with Crippen LogP contribution in [0.1, 0.15) is 40.0 Å². The second-order valence-electron chi connectivity index (χ2n) is 6.11. The summed E-state index contributed by atoms with van der Waals surface area (Å²) in [6.07, 6.45) is -0.576. The van der Waals surface area contributed by atoms with Crippen molar-refractivity contribution in [2.45, 2.75) is 51.8 Å². The van der Waals surface area contributed by atoms with E-state index in [9.17, 15) is 14.0 Å². The highest BCUT2D eigenvalue weighted by molar-refractivity contribution is 5.69. The van der Waals surface area contributed by atoms with Gasteiger partial charge in [-0.3, -0.25) is 4.79 Å². The second-order valence-corrected chi connectivity index (χ2v) is 6.11. The molecule has 0 N–H and O–H groups in total. The van der Waals surface area contributed by atoms with Crippen molar-refractivity contribution in [1.29, 1.82) is 0 Å². The molecule has 6 heteroatoms. The van der Waals surface area contributed by atoms with Crippen molar-refractivity contribution < 1.29 is 23.5 Å². The Balaban J connectivity index is 2.52. The van der Waals surface area contributed by atoms with E-state index in [-0.39, 0.29) is 31.3 Å². The van der Waals surface area contributed by atoms with Gasteiger partial charge in [-0.15, -0.1) is 0 Å². The summed E-state index contributed by atoms with van der Waals surface area (Å²) in [5.74, 6) is -0.693. The lowest BCUT2D eigenvalue weighted by Crippen LogP contribution is -2.46. The van der Waals surface area contributed by atoms with Gasteiger partial charge < -0.3 is 14.4 Å². The predicted molar refractivity (Wildman–Crippen MR) is 72.1 cm³/mol. The van der Waals surface area contributed by atoms with E-state index < -0.39 is 17.9 Å². The van der Waals surface area contributed by atoms with Gasteiger partial charge in [-0.25, -0.2) is 9.18 Å². The number of piperidine rings is 1. The molecule has 0 spiro atoms. The summed E-state index contributed by atoms with van der Waals surface area (Å²) < 4.78 is 23.7. The minimum atomic E-state index is -0.988. The number of nitrogens with zero attached hydrogens (tertiary/aromatic N) is 1. The summed E-state index contributed by atoms with van der Waals surface area (Å²) >= 11 is 0. The fourth-order valence-electron chi connectivity index (χ4n) is 2.17. The van der Waals surface area contributed by atoms with Crippen LogP contribution in [0.3, 0.4) is 0 Å². The molecule has 2 unspecified atom stereocenters. The minimum Gasteiger partial charge on any atom is -0.469 e. The van der Waals surface area contributed by atoms with E-state index in [4.69, 9.17) is 4.74 Å². The average Bonchev–Trinajstić information content (AvgIpc) is 2.35. The molecule has 0 bridgehead atoms. The van der Waals surface area contributed by atoms with Gasteiger partial charge in [-0.05, 0) is 33.6 Å². The highest BCUT2D eigenvalue weighted by Crippen LogP contribution is 2.25. The topological polar surface area (TPSA) is 55.8 Å². The molecule has 1 heterocycles. The highest BCUT2D eigenvalue weighted by atomic mass is 19.1. The first-order valence-electron chi connectivity index (χ1n) is 6.91. The minimum absolute atomic E-state index is 0.170. The lowest BCUT2D eigenvalue weighted by atomic mass is 9.92. The molecule has 0 aromatic rings. The third-order valence-electron chi connectivity index (χ3n) is 3.24. The molecule has 1 aliphatic rings. The number of esters is 1. The number of carbonyl (C=O) groups excluding carboxylic acids is 2. The Bertz CT molecular complexity index is 354. The molecule has 1 aliphatic heterocycles. The van der Waals surface area contributed by atoms with Crippen molar-refractivity contribution in [3.05, 3.63) is 0 Å². The van der Waals surface area contributed by atoms with Crippen LogP contribution in [0.5, 0.6) is 0 Å². The summed E-state index contributed by atoms with van der Waals surface area (Å²) in [5, 5.41) is 0. The molecule has 5 nitrogen and oxygen atoms in total. The molecule has 0 saturated carbocycles. The van der Waals surface area contributed by atoms with Crippen LogP contribution in [-0.2, 0) is 14.3 Å². The van der Waals surface area contributed by atoms with Gasteiger partial charge in [0, 0.05) is 25.4 Å². The Morgan fingerprint density at radius 1 is 1.35 bits per heavy atom. The van der Waals surface area contributed by atoms with Gasteiger partial charge in [0.2, 0.25) is 0 Å². The third kappa shape index (κ3) is 5.35. The van der Waals surface area contributed by atoms with Crippen LogP contribution in [0, 0.1) is 5.92 Å². The zero-order valence-electron chi connectivity index (χ0n) is 12.6. The summed E-state index contributed by atoms with van der Waals surface area (Å²) in [4.78, 5) is 24.6. The fourth-order valence-corrected chi connectivity index (χ4v) is 2.17. The van der Waals surface area contributed by atoms with Crippen LogP contribution in [-0.4, -0.2) is 48.9 Å². The molecule has 0 radical (unpaired) electrons. The lowest BCUT2D eigenvalue weighted by Gasteiger charge is -2.35. The maximum absolute atomic E-state index is 13.8. The number of methoxy groups -OCH3 is 1. The van der Waals surface area contributed by atoms with Gasteiger partial charge in [0.15, 0.2) is 0 Å². The van der Waals surface area contributed by atoms with E-state index in [1.165, 1.54) is 12.0 Å². The van der Waals surface area contributed by atoms with Gasteiger partial charge in [0.1, 0.15) is 11.8 Å². The molecule has 20 heavy (non-hydrogen) atoms. The van der Waals surface area contributed by atoms with Crippen LogP contribution < -0.4 is 0 Å². The second kappa shape index (κ2) is 6.90. The molecular formula is C14H24FNO4. The SMILES string of the molecule is COC(=O)CCC1CN(C(=O)OC(C)(C)C)CCC1F. The average molecular weight is 289 g/mol. The summed E-state index contributed by atoms with van der Waals surface area (Å²) in [5.41, 5.74) is -0.564. The van der Waals surface area contributed by atoms with Crippen molar-refractivity contribution >= 4 is 12.1 Å². The monoisotopic (exact) mass is 289 g/mol. The van der Waals surface area contributed by atoms with Crippen molar-refractivity contribution in [2.24, 2.45) is 5.92 Å². The number of likely N-dealkylation sites (tertiary alicyclic amines) is 1. The molecular weight excluding hydrogens is 265 g/mol. The molecule has 0 aliphatic carbocycles. The lowest BCUT2D eigenvalue weighted by molar-refractivity contribution is -0.141. The van der Waals surface area contributed by atoms with E-state index in [2.05, 4.69) is 4.74 Å². The Kier molecular flexibility index (Phi) is 5.77. The van der Waals surface area contributed by atoms with E-state index in [1.807, 2.05) is 0 Å². The number of carbonyl (C=O) groups is 2. The molecule has 1 rings (SSSR count). The van der Waals surface area contributed by atoms with Crippen LogP contribution in [0.25, 0.3) is 0 Å². The number of rotatable bonds is 3. The highest BCUT2D eigenvalue weighted by Gasteiger charge is 2.33. The maximum atomic E-state index is 13.8. The number of alkyl halides is 1. The largest absolute Gasteiger partial charge is 0.469 e. The molecule has 1 saturated heterocycles. The Labute approximate surface area is 119 Å². The number of hydrogen-bond acceptors (Lipinski definition) is 4. The van der Waals surface area contributed by atoms with Crippen molar-refractivity contribution in [1.82, 2.24) is 4.90 Å². The molecule has 0 aromatic carbocycles. The van der Waals surface area contributed by atoms with Crippen LogP contribution in [0.4, 0.5) is 9.18 Å². The Morgan fingerprint density at radius 2 is 2.00 bits per heavy atom. The number of halogens is 1. The molecule has 0 aromatic heterocycles. The summed E-state index contributed by atoms with van der Waals surface area (Å²) in [6.45, 7) is 6.02. The Morgan fingerprint density at radius 3 is 2.55 bits per heavy atom. The van der Waals surface area contributed by atoms with Crippen molar-refractivity contribution in [3.63, 3.8) is 0 Å². The van der Waals surface area contributed by atoms with E-state index in [0.717, 1.165) is 0 Å². The van der Waals surface area contributed by atoms with Crippen LogP contribution in [0.2, 0.25) is 0 Å². The first-order chi connectivity index (χ1) is 9.23. The summed E-state index contributed by atoms with van der Waals surface area (Å²) in [6, 6.07) is 0. The smallest absolute Gasteiger partial charge is 0.410 e. The standard InChI is InChI=1S/C14H24FNO4/c1-14(2,3)20-13(18)16-8-7-11(15)10(9-16)5-6-12(17)19-4/h10-11H,5-9H2,1-4H3. The predicted octanol–water partition coefficient (Wildman–Crippen LogP) is 2.53. The van der Waals surface area contributed by atoms with E-state index in [1.54, 1.807) is 20.8 Å². The maximum Gasteiger partial charge on any atom is 0.410 e. The number of hydrogen-bond donors (Lipinski definition) is 0. The van der Waals surface area contributed by atoms with Crippen LogP contribution >= 0.6 is 0 Å². The third-order valence-corrected chi connectivity index (χ3v) is 3.24. The summed E-state index contributed by atoms with van der Waals surface area (Å²) in [7, 11) is 1.31. The zero-order valence-corrected chi connectivity index (χ0v) is 12.6. The van der Waals surface area contributed by atoms with Crippen molar-refractivity contribution in [3.8, 4) is 0 Å². The number of amides is 1. The zero-order chi connectivity index (χ0) is 15.3. The normalized spacial score (nSPS) is 23.4. The quantitative estimate of drug-likeness (QED) is 0.749. The van der Waals surface area contributed by atoms with Gasteiger partial charge in [-0.2, -0.15) is 0 Å². The van der Waals surface area contributed by atoms with Gasteiger partial charge >= 0.3 is 12.1 Å². The molecule has 2 atom stereocenters. The first-order valence-corrected chi connectivity index (χ1v) is 6.91. The van der Waals surface area contributed by atoms with Gasteiger partial charge in [-0.1, -0.05) is 0 Å². The first kappa shape index (κ1) is 16.7. The molecule has 116 valence electrons. The number of ether oxygens (including phenoxy) is 2. The van der Waals surface area contributed by atoms with Crippen LogP contribution in [0.15, 0.2) is 0 Å².